The number of piperidine rings is 4. The van der Waals surface area contributed by atoms with Crippen molar-refractivity contribution < 1.29 is 23.6 Å². The van der Waals surface area contributed by atoms with Gasteiger partial charge in [0.25, 0.3) is 11.8 Å². The third kappa shape index (κ3) is 4.71. The third-order valence-corrected chi connectivity index (χ3v) is 9.19. The molecule has 6 rings (SSSR count). The second-order valence-electron chi connectivity index (χ2n) is 11.3. The zero-order valence-electron chi connectivity index (χ0n) is 21.5. The van der Waals surface area contributed by atoms with Crippen LogP contribution >= 0.6 is 12.4 Å². The summed E-state index contributed by atoms with van der Waals surface area (Å²) in [5.41, 5.74) is 0.598. The maximum absolute atomic E-state index is 15.4. The van der Waals surface area contributed by atoms with E-state index in [1.54, 1.807) is 0 Å². The van der Waals surface area contributed by atoms with Gasteiger partial charge >= 0.3 is 0 Å². The number of amides is 4. The molecule has 5 aliphatic heterocycles. The van der Waals surface area contributed by atoms with Gasteiger partial charge in [-0.3, -0.25) is 29.4 Å². The van der Waals surface area contributed by atoms with Crippen molar-refractivity contribution in [2.24, 2.45) is 5.41 Å². The molecule has 5 heterocycles. The lowest BCUT2D eigenvalue weighted by molar-refractivity contribution is -0.136. The van der Waals surface area contributed by atoms with Gasteiger partial charge in [-0.1, -0.05) is 0 Å². The van der Waals surface area contributed by atoms with Crippen LogP contribution in [0.3, 0.4) is 0 Å². The Kier molecular flexibility index (Phi) is 7.50. The van der Waals surface area contributed by atoms with Crippen LogP contribution in [0.25, 0.3) is 0 Å². The van der Waals surface area contributed by atoms with E-state index >= 15 is 4.39 Å². The topological polar surface area (TPSA) is 102 Å². The van der Waals surface area contributed by atoms with Crippen molar-refractivity contribution in [1.29, 1.82) is 0 Å². The Bertz CT molecular complexity index is 1150. The van der Waals surface area contributed by atoms with Crippen LogP contribution in [-0.2, 0) is 9.59 Å². The molecule has 0 saturated carbocycles. The van der Waals surface area contributed by atoms with Crippen molar-refractivity contribution in [3.05, 3.63) is 29.1 Å². The molecule has 0 aromatic heterocycles. The highest BCUT2D eigenvalue weighted by Gasteiger charge is 2.46. The first kappa shape index (κ1) is 27.0. The van der Waals surface area contributed by atoms with Gasteiger partial charge in [-0.25, -0.2) is 4.39 Å². The average Bonchev–Trinajstić information content (AvgIpc) is 3.13. The van der Waals surface area contributed by atoms with E-state index in [0.717, 1.165) is 69.4 Å². The Morgan fingerprint density at radius 1 is 0.895 bits per heavy atom. The van der Waals surface area contributed by atoms with Crippen LogP contribution in [0, 0.1) is 11.2 Å². The summed E-state index contributed by atoms with van der Waals surface area (Å²) >= 11 is 0. The number of hydrogen-bond acceptors (Lipinski definition) is 7. The first-order valence-electron chi connectivity index (χ1n) is 13.6. The summed E-state index contributed by atoms with van der Waals surface area (Å²) in [6, 6.07) is 2.25. The second kappa shape index (κ2) is 10.5. The number of fused-ring (bicyclic) bond motifs is 1. The quantitative estimate of drug-likeness (QED) is 0.559. The number of carbonyl (C=O) groups excluding carboxylic acids is 4. The molecule has 0 radical (unpaired) electrons. The van der Waals surface area contributed by atoms with Gasteiger partial charge in [-0.15, -0.1) is 12.4 Å². The van der Waals surface area contributed by atoms with Gasteiger partial charge in [0.15, 0.2) is 0 Å². The summed E-state index contributed by atoms with van der Waals surface area (Å²) in [5.74, 6) is -2.89. The fraction of sp³-hybridized carbons (Fsp3) is 0.630. The number of nitrogens with one attached hydrogen (secondary N) is 2. The van der Waals surface area contributed by atoms with Crippen LogP contribution in [0.2, 0.25) is 0 Å². The van der Waals surface area contributed by atoms with Crippen molar-refractivity contribution in [3.63, 3.8) is 0 Å². The van der Waals surface area contributed by atoms with E-state index < -0.39 is 35.5 Å². The van der Waals surface area contributed by atoms with Crippen LogP contribution in [0.5, 0.6) is 0 Å². The Morgan fingerprint density at radius 2 is 1.58 bits per heavy atom. The van der Waals surface area contributed by atoms with Gasteiger partial charge in [0.1, 0.15) is 11.9 Å². The van der Waals surface area contributed by atoms with Crippen LogP contribution < -0.4 is 15.5 Å². The molecule has 4 fully saturated rings. The molecular weight excluding hydrogens is 513 g/mol. The Hall–Kier alpha value is -2.56. The number of hydrogen-bond donors (Lipinski definition) is 2. The lowest BCUT2D eigenvalue weighted by Crippen LogP contribution is -2.54. The zero-order valence-corrected chi connectivity index (χ0v) is 22.3. The first-order chi connectivity index (χ1) is 17.8. The van der Waals surface area contributed by atoms with Gasteiger partial charge < -0.3 is 15.1 Å². The van der Waals surface area contributed by atoms with Crippen LogP contribution in [0.1, 0.15) is 72.1 Å². The number of nitrogens with zero attached hydrogens (tertiary/aromatic N) is 3. The number of imide groups is 2. The van der Waals surface area contributed by atoms with E-state index in [4.69, 9.17) is 0 Å². The summed E-state index contributed by atoms with van der Waals surface area (Å²) < 4.78 is 15.4. The number of benzene rings is 1. The summed E-state index contributed by atoms with van der Waals surface area (Å²) in [4.78, 5) is 55.7. The van der Waals surface area contributed by atoms with Crippen LogP contribution in [0.15, 0.2) is 12.1 Å². The number of likely N-dealkylation sites (tertiary alicyclic amines) is 1. The van der Waals surface area contributed by atoms with E-state index in [1.807, 2.05) is 4.90 Å². The smallest absolute Gasteiger partial charge is 0.262 e. The van der Waals surface area contributed by atoms with Crippen LogP contribution in [-0.4, -0.2) is 84.8 Å². The van der Waals surface area contributed by atoms with Crippen molar-refractivity contribution >= 4 is 41.7 Å². The minimum atomic E-state index is -1.06. The van der Waals surface area contributed by atoms with Crippen molar-refractivity contribution in [2.45, 2.75) is 63.5 Å². The highest BCUT2D eigenvalue weighted by molar-refractivity contribution is 6.23. The standard InChI is InChI=1S/C27H34FN5O4.ClH/c28-20-14-18-19(26(37)33(25(18)36)21-2-3-23(34)30-24(21)35)15-22(20)32-11-1-6-27(16-32)7-12-31(13-8-27)17-4-9-29-10-5-17;/h14-15,17,21,29H,1-13,16H2,(H,30,34,35);1H. The molecule has 1 aromatic carbocycles. The fourth-order valence-corrected chi connectivity index (χ4v) is 7.08. The minimum Gasteiger partial charge on any atom is -0.369 e. The first-order valence-corrected chi connectivity index (χ1v) is 13.6. The summed E-state index contributed by atoms with van der Waals surface area (Å²) in [5, 5.41) is 5.63. The molecule has 9 nitrogen and oxygen atoms in total. The number of carbonyl (C=O) groups is 4. The number of halogens is 2. The molecule has 11 heteroatoms. The summed E-state index contributed by atoms with van der Waals surface area (Å²) in [6.45, 7) is 5.74. The molecular formula is C27H35ClFN5O4. The number of rotatable bonds is 3. The predicted octanol–water partition coefficient (Wildman–Crippen LogP) is 2.08. The van der Waals surface area contributed by atoms with Crippen LogP contribution in [0.4, 0.5) is 10.1 Å². The molecule has 0 bridgehead atoms. The number of anilines is 1. The molecule has 1 spiro atoms. The molecule has 0 aliphatic carbocycles. The highest BCUT2D eigenvalue weighted by atomic mass is 35.5. The lowest BCUT2D eigenvalue weighted by atomic mass is 9.72. The van der Waals surface area contributed by atoms with E-state index in [0.29, 0.717) is 18.3 Å². The fourth-order valence-electron chi connectivity index (χ4n) is 7.08. The molecule has 38 heavy (non-hydrogen) atoms. The predicted molar refractivity (Wildman–Crippen MR) is 141 cm³/mol. The van der Waals surface area contributed by atoms with Gasteiger partial charge in [0.05, 0.1) is 16.8 Å². The van der Waals surface area contributed by atoms with E-state index in [2.05, 4.69) is 15.5 Å². The van der Waals surface area contributed by atoms with Gasteiger partial charge in [-0.05, 0) is 88.7 Å². The van der Waals surface area contributed by atoms with Crippen molar-refractivity contribution in [2.75, 3.05) is 44.2 Å². The Labute approximate surface area is 227 Å². The van der Waals surface area contributed by atoms with Gasteiger partial charge in [0, 0.05) is 25.6 Å². The maximum atomic E-state index is 15.4. The SMILES string of the molecule is Cl.O=C1CCC(N2C(=O)c3cc(F)c(N4CCCC5(CCN(C6CCNCC6)CC5)C4)cc3C2=O)C(=O)N1. The molecule has 5 aliphatic rings. The molecule has 4 amide bonds. The molecule has 206 valence electrons. The van der Waals surface area contributed by atoms with Crippen molar-refractivity contribution in [1.82, 2.24) is 20.4 Å². The zero-order chi connectivity index (χ0) is 25.7. The maximum Gasteiger partial charge on any atom is 0.262 e. The van der Waals surface area contributed by atoms with Gasteiger partial charge in [0.2, 0.25) is 11.8 Å². The molecule has 4 saturated heterocycles. The highest BCUT2D eigenvalue weighted by Crippen LogP contribution is 2.43. The normalized spacial score (nSPS) is 26.4. The second-order valence-corrected chi connectivity index (χ2v) is 11.3. The molecule has 1 aromatic rings. The molecule has 2 N–H and O–H groups in total. The lowest BCUT2D eigenvalue weighted by Gasteiger charge is -2.50. The third-order valence-electron chi connectivity index (χ3n) is 9.19. The molecule has 1 unspecified atom stereocenters. The summed E-state index contributed by atoms with van der Waals surface area (Å²) in [6.07, 6.45) is 6.77. The Morgan fingerprint density at radius 3 is 2.26 bits per heavy atom. The Balaban J connectivity index is 0.00000294. The monoisotopic (exact) mass is 547 g/mol. The van der Waals surface area contributed by atoms with E-state index in [9.17, 15) is 19.2 Å². The molecule has 1 atom stereocenters. The van der Waals surface area contributed by atoms with E-state index in [1.165, 1.54) is 18.9 Å². The van der Waals surface area contributed by atoms with E-state index in [-0.39, 0.29) is 41.8 Å². The van der Waals surface area contributed by atoms with Crippen molar-refractivity contribution in [3.8, 4) is 0 Å². The summed E-state index contributed by atoms with van der Waals surface area (Å²) in [7, 11) is 0. The minimum absolute atomic E-state index is 0. The average molecular weight is 548 g/mol. The largest absolute Gasteiger partial charge is 0.369 e. The van der Waals surface area contributed by atoms with Gasteiger partial charge in [-0.2, -0.15) is 0 Å².